The summed E-state index contributed by atoms with van der Waals surface area (Å²) in [6.07, 6.45) is 7.67. The molecule has 0 aromatic heterocycles. The molecule has 2 rings (SSSR count). The highest BCUT2D eigenvalue weighted by Crippen LogP contribution is 2.25. The van der Waals surface area contributed by atoms with Gasteiger partial charge in [-0.05, 0) is 49.0 Å². The van der Waals surface area contributed by atoms with Gasteiger partial charge < -0.3 is 10.5 Å². The van der Waals surface area contributed by atoms with Crippen LogP contribution in [0.15, 0.2) is 30.3 Å². The normalized spacial score (nSPS) is 23.4. The van der Waals surface area contributed by atoms with Crippen molar-refractivity contribution in [2.45, 2.75) is 38.7 Å². The number of nitrogens with two attached hydrogens (primary N) is 1. The number of rotatable bonds is 3. The van der Waals surface area contributed by atoms with E-state index in [1.807, 2.05) is 24.3 Å². The van der Waals surface area contributed by atoms with Crippen molar-refractivity contribution < 1.29 is 9.53 Å². The largest absolute Gasteiger partial charge is 0.459 e. The van der Waals surface area contributed by atoms with E-state index in [0.717, 1.165) is 24.8 Å². The molecular weight excluding hydrogens is 238 g/mol. The fourth-order valence-corrected chi connectivity index (χ4v) is 2.52. The average molecular weight is 259 g/mol. The number of carbonyl (C=O) groups is 1. The molecule has 2 atom stereocenters. The second kappa shape index (κ2) is 6.41. The Balaban J connectivity index is 1.87. The number of esters is 1. The predicted octanol–water partition coefficient (Wildman–Crippen LogP) is 3.40. The Hall–Kier alpha value is -1.77. The minimum atomic E-state index is -0.262. The number of hydrogen-bond donors (Lipinski definition) is 1. The topological polar surface area (TPSA) is 52.3 Å². The van der Waals surface area contributed by atoms with E-state index in [0.29, 0.717) is 11.6 Å². The van der Waals surface area contributed by atoms with Gasteiger partial charge in [-0.1, -0.05) is 25.5 Å². The first-order chi connectivity index (χ1) is 9.13. The molecule has 0 saturated heterocycles. The highest BCUT2D eigenvalue weighted by Gasteiger charge is 2.21. The third-order valence-corrected chi connectivity index (χ3v) is 3.49. The molecule has 0 radical (unpaired) electrons. The third-order valence-electron chi connectivity index (χ3n) is 3.49. The summed E-state index contributed by atoms with van der Waals surface area (Å²) in [4.78, 5) is 11.7. The molecule has 3 nitrogen and oxygen atoms in total. The van der Waals surface area contributed by atoms with Crippen molar-refractivity contribution in [3.05, 3.63) is 35.9 Å². The predicted molar refractivity (Wildman–Crippen MR) is 77.4 cm³/mol. The molecule has 1 aliphatic rings. The standard InChI is InChI=1S/C16H21NO2/c1-12-4-2-7-15(10-12)19-16(18)9-8-13-5-3-6-14(17)11-13/h3,5-6,8-9,11-12,15H,2,4,7,10,17H2,1H3/b9-8+. The maximum atomic E-state index is 11.7. The van der Waals surface area contributed by atoms with Gasteiger partial charge in [0.25, 0.3) is 0 Å². The first kappa shape index (κ1) is 13.7. The average Bonchev–Trinajstić information content (AvgIpc) is 2.36. The quantitative estimate of drug-likeness (QED) is 0.514. The van der Waals surface area contributed by atoms with Crippen LogP contribution < -0.4 is 5.73 Å². The summed E-state index contributed by atoms with van der Waals surface area (Å²) in [5.74, 6) is 0.394. The van der Waals surface area contributed by atoms with Crippen molar-refractivity contribution in [1.82, 2.24) is 0 Å². The smallest absolute Gasteiger partial charge is 0.331 e. The van der Waals surface area contributed by atoms with E-state index in [1.165, 1.54) is 12.5 Å². The van der Waals surface area contributed by atoms with Crippen LogP contribution in [-0.2, 0) is 9.53 Å². The molecule has 19 heavy (non-hydrogen) atoms. The van der Waals surface area contributed by atoms with E-state index < -0.39 is 0 Å². The monoisotopic (exact) mass is 259 g/mol. The van der Waals surface area contributed by atoms with Gasteiger partial charge in [-0.25, -0.2) is 4.79 Å². The van der Waals surface area contributed by atoms with Crippen LogP contribution in [-0.4, -0.2) is 12.1 Å². The fraction of sp³-hybridized carbons (Fsp3) is 0.438. The molecule has 3 heteroatoms. The SMILES string of the molecule is CC1CCCC(OC(=O)/C=C/c2cccc(N)c2)C1. The van der Waals surface area contributed by atoms with E-state index in [1.54, 1.807) is 6.08 Å². The van der Waals surface area contributed by atoms with Crippen LogP contribution in [0.1, 0.15) is 38.2 Å². The number of hydrogen-bond acceptors (Lipinski definition) is 3. The lowest BCUT2D eigenvalue weighted by atomic mass is 9.89. The Morgan fingerprint density at radius 2 is 2.26 bits per heavy atom. The van der Waals surface area contributed by atoms with Gasteiger partial charge in [-0.15, -0.1) is 0 Å². The third kappa shape index (κ3) is 4.43. The number of ether oxygens (including phenoxy) is 1. The number of anilines is 1. The summed E-state index contributed by atoms with van der Waals surface area (Å²) >= 11 is 0. The molecule has 0 spiro atoms. The van der Waals surface area contributed by atoms with Crippen molar-refractivity contribution >= 4 is 17.7 Å². The van der Waals surface area contributed by atoms with Gasteiger partial charge in [-0.3, -0.25) is 0 Å². The van der Waals surface area contributed by atoms with Crippen LogP contribution in [0.25, 0.3) is 6.08 Å². The molecule has 0 aliphatic heterocycles. The Labute approximate surface area is 114 Å². The summed E-state index contributed by atoms with van der Waals surface area (Å²) in [6, 6.07) is 7.41. The van der Waals surface area contributed by atoms with Gasteiger partial charge in [0, 0.05) is 11.8 Å². The summed E-state index contributed by atoms with van der Waals surface area (Å²) in [5.41, 5.74) is 7.28. The van der Waals surface area contributed by atoms with Gasteiger partial charge in [-0.2, -0.15) is 0 Å². The van der Waals surface area contributed by atoms with Crippen molar-refractivity contribution in [2.24, 2.45) is 5.92 Å². The molecule has 0 amide bonds. The van der Waals surface area contributed by atoms with Gasteiger partial charge in [0.2, 0.25) is 0 Å². The summed E-state index contributed by atoms with van der Waals surface area (Å²) in [6.45, 7) is 2.21. The van der Waals surface area contributed by atoms with Crippen molar-refractivity contribution in [3.8, 4) is 0 Å². The summed E-state index contributed by atoms with van der Waals surface area (Å²) in [5, 5.41) is 0. The Bertz CT molecular complexity index is 468. The van der Waals surface area contributed by atoms with Gasteiger partial charge in [0.05, 0.1) is 0 Å². The van der Waals surface area contributed by atoms with Crippen LogP contribution in [0.2, 0.25) is 0 Å². The lowest BCUT2D eigenvalue weighted by Crippen LogP contribution is -2.23. The molecule has 1 aromatic rings. The maximum Gasteiger partial charge on any atom is 0.331 e. The molecule has 2 unspecified atom stereocenters. The summed E-state index contributed by atoms with van der Waals surface area (Å²) < 4.78 is 5.46. The first-order valence-electron chi connectivity index (χ1n) is 6.88. The van der Waals surface area contributed by atoms with Crippen LogP contribution >= 0.6 is 0 Å². The van der Waals surface area contributed by atoms with Gasteiger partial charge in [0.1, 0.15) is 6.10 Å². The van der Waals surface area contributed by atoms with E-state index in [-0.39, 0.29) is 12.1 Å². The molecule has 1 aliphatic carbocycles. The van der Waals surface area contributed by atoms with Gasteiger partial charge in [0.15, 0.2) is 0 Å². The lowest BCUT2D eigenvalue weighted by molar-refractivity contribution is -0.144. The molecule has 102 valence electrons. The fourth-order valence-electron chi connectivity index (χ4n) is 2.52. The molecular formula is C16H21NO2. The van der Waals surface area contributed by atoms with Crippen LogP contribution in [0.5, 0.6) is 0 Å². The molecule has 0 bridgehead atoms. The van der Waals surface area contributed by atoms with Crippen LogP contribution in [0.3, 0.4) is 0 Å². The number of carbonyl (C=O) groups excluding carboxylic acids is 1. The van der Waals surface area contributed by atoms with Crippen molar-refractivity contribution in [1.29, 1.82) is 0 Å². The lowest BCUT2D eigenvalue weighted by Gasteiger charge is -2.25. The Morgan fingerprint density at radius 1 is 1.42 bits per heavy atom. The second-order valence-corrected chi connectivity index (χ2v) is 5.33. The zero-order chi connectivity index (χ0) is 13.7. The van der Waals surface area contributed by atoms with E-state index in [2.05, 4.69) is 6.92 Å². The molecule has 1 fully saturated rings. The van der Waals surface area contributed by atoms with Crippen LogP contribution in [0, 0.1) is 5.92 Å². The molecule has 2 N–H and O–H groups in total. The van der Waals surface area contributed by atoms with E-state index >= 15 is 0 Å². The zero-order valence-electron chi connectivity index (χ0n) is 11.3. The molecule has 0 heterocycles. The van der Waals surface area contributed by atoms with Crippen LogP contribution in [0.4, 0.5) is 5.69 Å². The Morgan fingerprint density at radius 3 is 3.00 bits per heavy atom. The minimum Gasteiger partial charge on any atom is -0.459 e. The molecule has 1 aromatic carbocycles. The number of nitrogen functional groups attached to an aromatic ring is 1. The maximum absolute atomic E-state index is 11.7. The van der Waals surface area contributed by atoms with Crippen molar-refractivity contribution in [3.63, 3.8) is 0 Å². The highest BCUT2D eigenvalue weighted by molar-refractivity contribution is 5.87. The van der Waals surface area contributed by atoms with Crippen molar-refractivity contribution in [2.75, 3.05) is 5.73 Å². The molecule has 1 saturated carbocycles. The van der Waals surface area contributed by atoms with E-state index in [4.69, 9.17) is 10.5 Å². The second-order valence-electron chi connectivity index (χ2n) is 5.33. The van der Waals surface area contributed by atoms with Gasteiger partial charge >= 0.3 is 5.97 Å². The minimum absolute atomic E-state index is 0.0849. The number of benzene rings is 1. The first-order valence-corrected chi connectivity index (χ1v) is 6.88. The Kier molecular flexibility index (Phi) is 4.61. The van der Waals surface area contributed by atoms with E-state index in [9.17, 15) is 4.79 Å². The zero-order valence-corrected chi connectivity index (χ0v) is 11.3. The summed E-state index contributed by atoms with van der Waals surface area (Å²) in [7, 11) is 0. The highest BCUT2D eigenvalue weighted by atomic mass is 16.5.